The SMILES string of the molecule is CCCCCCCCC(C)C(=O)NCCOc1ccc(CC(CC(=O)N2CC3CCCCC3C2)C(=O)O)cc1. The van der Waals surface area contributed by atoms with E-state index in [1.807, 2.05) is 36.1 Å². The van der Waals surface area contributed by atoms with Crippen molar-refractivity contribution in [2.24, 2.45) is 23.7 Å². The van der Waals surface area contributed by atoms with E-state index in [0.717, 1.165) is 31.5 Å². The van der Waals surface area contributed by atoms with E-state index in [1.54, 1.807) is 0 Å². The minimum atomic E-state index is -0.929. The predicted molar refractivity (Wildman–Crippen MR) is 154 cm³/mol. The molecule has 1 saturated heterocycles. The van der Waals surface area contributed by atoms with Crippen molar-refractivity contribution in [3.05, 3.63) is 29.8 Å². The number of fused-ring (bicyclic) bond motifs is 1. The lowest BCUT2D eigenvalue weighted by Crippen LogP contribution is -2.33. The number of carbonyl (C=O) groups excluding carboxylic acids is 2. The molecule has 39 heavy (non-hydrogen) atoms. The molecule has 7 nitrogen and oxygen atoms in total. The highest BCUT2D eigenvalue weighted by Crippen LogP contribution is 2.36. The summed E-state index contributed by atoms with van der Waals surface area (Å²) in [5.74, 6) is 0.266. The third-order valence-corrected chi connectivity index (χ3v) is 8.61. The minimum Gasteiger partial charge on any atom is -0.492 e. The molecule has 2 amide bonds. The van der Waals surface area contributed by atoms with Crippen LogP contribution in [0, 0.1) is 23.7 Å². The molecule has 0 radical (unpaired) electrons. The number of likely N-dealkylation sites (tertiary alicyclic amines) is 1. The van der Waals surface area contributed by atoms with E-state index in [1.165, 1.54) is 57.8 Å². The molecule has 2 N–H and O–H groups in total. The Morgan fingerprint density at radius 1 is 1.00 bits per heavy atom. The van der Waals surface area contributed by atoms with Gasteiger partial charge < -0.3 is 20.1 Å². The molecule has 0 bridgehead atoms. The summed E-state index contributed by atoms with van der Waals surface area (Å²) in [6.45, 7) is 6.60. The third-order valence-electron chi connectivity index (χ3n) is 8.61. The number of carboxylic acid groups (broad SMARTS) is 1. The molecule has 1 heterocycles. The van der Waals surface area contributed by atoms with E-state index < -0.39 is 11.9 Å². The maximum atomic E-state index is 12.9. The van der Waals surface area contributed by atoms with Gasteiger partial charge in [0.15, 0.2) is 0 Å². The summed E-state index contributed by atoms with van der Waals surface area (Å²) in [5.41, 5.74) is 0.870. The topological polar surface area (TPSA) is 95.9 Å². The van der Waals surface area contributed by atoms with Crippen LogP contribution in [0.25, 0.3) is 0 Å². The lowest BCUT2D eigenvalue weighted by Gasteiger charge is -2.22. The van der Waals surface area contributed by atoms with Crippen LogP contribution < -0.4 is 10.1 Å². The van der Waals surface area contributed by atoms with Gasteiger partial charge in [0.1, 0.15) is 12.4 Å². The van der Waals surface area contributed by atoms with Gasteiger partial charge in [-0.25, -0.2) is 0 Å². The molecule has 4 atom stereocenters. The van der Waals surface area contributed by atoms with Gasteiger partial charge in [-0.2, -0.15) is 0 Å². The summed E-state index contributed by atoms with van der Waals surface area (Å²) in [6, 6.07) is 7.37. The van der Waals surface area contributed by atoms with Crippen LogP contribution in [0.2, 0.25) is 0 Å². The van der Waals surface area contributed by atoms with Crippen LogP contribution in [-0.4, -0.2) is 54.0 Å². The quantitative estimate of drug-likeness (QED) is 0.241. The van der Waals surface area contributed by atoms with Gasteiger partial charge in [0.25, 0.3) is 0 Å². The number of hydrogen-bond acceptors (Lipinski definition) is 4. The van der Waals surface area contributed by atoms with Crippen molar-refractivity contribution in [2.75, 3.05) is 26.2 Å². The van der Waals surface area contributed by atoms with E-state index in [0.29, 0.717) is 37.2 Å². The Balaban J connectivity index is 1.34. The Bertz CT molecular complexity index is 888. The van der Waals surface area contributed by atoms with E-state index >= 15 is 0 Å². The maximum Gasteiger partial charge on any atom is 0.307 e. The van der Waals surface area contributed by atoms with E-state index in [2.05, 4.69) is 12.2 Å². The molecule has 2 aliphatic rings. The summed E-state index contributed by atoms with van der Waals surface area (Å²) in [6.07, 6.45) is 13.5. The van der Waals surface area contributed by atoms with Gasteiger partial charge in [0, 0.05) is 25.4 Å². The highest BCUT2D eigenvalue weighted by atomic mass is 16.5. The lowest BCUT2D eigenvalue weighted by molar-refractivity contribution is -0.145. The van der Waals surface area contributed by atoms with Gasteiger partial charge in [-0.3, -0.25) is 14.4 Å². The van der Waals surface area contributed by atoms with Gasteiger partial charge in [-0.05, 0) is 55.2 Å². The first-order valence-electron chi connectivity index (χ1n) is 15.4. The summed E-state index contributed by atoms with van der Waals surface area (Å²) >= 11 is 0. The maximum absolute atomic E-state index is 12.9. The predicted octanol–water partition coefficient (Wildman–Crippen LogP) is 5.85. The first-order valence-corrected chi connectivity index (χ1v) is 15.4. The second-order valence-electron chi connectivity index (χ2n) is 11.8. The molecule has 1 aromatic rings. The molecule has 3 rings (SSSR count). The minimum absolute atomic E-state index is 0.0131. The number of nitrogens with zero attached hydrogens (tertiary/aromatic N) is 1. The fourth-order valence-electron chi connectivity index (χ4n) is 6.08. The number of benzene rings is 1. The fraction of sp³-hybridized carbons (Fsp3) is 0.719. The number of amides is 2. The average Bonchev–Trinajstić information content (AvgIpc) is 3.38. The van der Waals surface area contributed by atoms with E-state index in [-0.39, 0.29) is 24.2 Å². The molecule has 1 aliphatic heterocycles. The van der Waals surface area contributed by atoms with Crippen LogP contribution in [0.5, 0.6) is 5.75 Å². The van der Waals surface area contributed by atoms with Gasteiger partial charge in [-0.1, -0.05) is 77.3 Å². The normalized spacial score (nSPS) is 20.2. The van der Waals surface area contributed by atoms with Crippen molar-refractivity contribution in [1.82, 2.24) is 10.2 Å². The number of hydrogen-bond donors (Lipinski definition) is 2. The van der Waals surface area contributed by atoms with Crippen LogP contribution in [0.1, 0.15) is 96.5 Å². The Hall–Kier alpha value is -2.57. The Labute approximate surface area is 235 Å². The summed E-state index contributed by atoms with van der Waals surface area (Å²) in [5, 5.41) is 12.7. The smallest absolute Gasteiger partial charge is 0.307 e. The zero-order chi connectivity index (χ0) is 28.0. The molecule has 4 unspecified atom stereocenters. The van der Waals surface area contributed by atoms with Crippen LogP contribution >= 0.6 is 0 Å². The number of carbonyl (C=O) groups is 3. The fourth-order valence-corrected chi connectivity index (χ4v) is 6.08. The second-order valence-corrected chi connectivity index (χ2v) is 11.8. The van der Waals surface area contributed by atoms with Crippen LogP contribution in [0.3, 0.4) is 0 Å². The zero-order valence-electron chi connectivity index (χ0n) is 24.2. The van der Waals surface area contributed by atoms with Crippen LogP contribution in [0.4, 0.5) is 0 Å². The van der Waals surface area contributed by atoms with E-state index in [9.17, 15) is 19.5 Å². The molecule has 1 aromatic carbocycles. The molecule has 1 saturated carbocycles. The van der Waals surface area contributed by atoms with Crippen molar-refractivity contribution in [2.45, 2.75) is 97.3 Å². The average molecular weight is 543 g/mol. The van der Waals surface area contributed by atoms with Crippen molar-refractivity contribution in [3.63, 3.8) is 0 Å². The molecule has 2 fully saturated rings. The highest BCUT2D eigenvalue weighted by Gasteiger charge is 2.37. The van der Waals surface area contributed by atoms with Crippen LogP contribution in [-0.2, 0) is 20.8 Å². The Kier molecular flexibility index (Phi) is 13.1. The van der Waals surface area contributed by atoms with E-state index in [4.69, 9.17) is 4.74 Å². The van der Waals surface area contributed by atoms with Gasteiger partial charge in [0.05, 0.1) is 12.5 Å². The van der Waals surface area contributed by atoms with Crippen LogP contribution in [0.15, 0.2) is 24.3 Å². The molecule has 0 spiro atoms. The number of ether oxygens (including phenoxy) is 1. The first-order chi connectivity index (χ1) is 18.9. The van der Waals surface area contributed by atoms with Gasteiger partial charge in [0.2, 0.25) is 11.8 Å². The largest absolute Gasteiger partial charge is 0.492 e. The van der Waals surface area contributed by atoms with Crippen molar-refractivity contribution in [1.29, 1.82) is 0 Å². The molecule has 218 valence electrons. The summed E-state index contributed by atoms with van der Waals surface area (Å²) < 4.78 is 5.77. The third kappa shape index (κ3) is 10.5. The number of unbranched alkanes of at least 4 members (excludes halogenated alkanes) is 5. The summed E-state index contributed by atoms with van der Waals surface area (Å²) in [7, 11) is 0. The monoisotopic (exact) mass is 542 g/mol. The Morgan fingerprint density at radius 3 is 2.28 bits per heavy atom. The molecule has 1 aliphatic carbocycles. The number of aliphatic carboxylic acids is 1. The summed E-state index contributed by atoms with van der Waals surface area (Å²) in [4.78, 5) is 39.0. The van der Waals surface area contributed by atoms with Gasteiger partial charge >= 0.3 is 5.97 Å². The number of carboxylic acids is 1. The molecule has 0 aromatic heterocycles. The standard InChI is InChI=1S/C32H50N2O5/c1-3-4-5-6-7-8-11-24(2)31(36)33-18-19-39-29-16-14-25(15-17-29)20-28(32(37)38)21-30(35)34-22-26-12-9-10-13-27(26)23-34/h14-17,24,26-28H,3-13,18-23H2,1-2H3,(H,33,36)(H,37,38). The highest BCUT2D eigenvalue weighted by molar-refractivity contribution is 5.82. The second kappa shape index (κ2) is 16.5. The van der Waals surface area contributed by atoms with Crippen molar-refractivity contribution >= 4 is 17.8 Å². The molecule has 7 heteroatoms. The van der Waals surface area contributed by atoms with Crippen molar-refractivity contribution < 1.29 is 24.2 Å². The molecular weight excluding hydrogens is 492 g/mol. The zero-order valence-corrected chi connectivity index (χ0v) is 24.2. The first kappa shape index (κ1) is 31.0. The molecular formula is C32H50N2O5. The number of nitrogens with one attached hydrogen (secondary N) is 1. The van der Waals surface area contributed by atoms with Gasteiger partial charge in [-0.15, -0.1) is 0 Å². The Morgan fingerprint density at radius 2 is 1.64 bits per heavy atom. The number of rotatable bonds is 17. The van der Waals surface area contributed by atoms with Crippen molar-refractivity contribution in [3.8, 4) is 5.75 Å². The lowest BCUT2D eigenvalue weighted by atomic mass is 9.82.